The number of rotatable bonds is 6. The van der Waals surface area contributed by atoms with Crippen molar-refractivity contribution < 1.29 is 4.79 Å². The average molecular weight is 288 g/mol. The summed E-state index contributed by atoms with van der Waals surface area (Å²) in [5, 5.41) is 6.45. The van der Waals surface area contributed by atoms with Gasteiger partial charge < -0.3 is 10.6 Å². The molecule has 0 spiro atoms. The summed E-state index contributed by atoms with van der Waals surface area (Å²) in [7, 11) is 0. The molecule has 2 heterocycles. The first kappa shape index (κ1) is 14.3. The Morgan fingerprint density at radius 1 is 1.43 bits per heavy atom. The van der Waals surface area contributed by atoms with Crippen LogP contribution >= 0.6 is 0 Å². The van der Waals surface area contributed by atoms with Gasteiger partial charge in [-0.15, -0.1) is 0 Å². The number of amides is 1. The largest absolute Gasteiger partial charge is 0.383 e. The molecule has 2 aliphatic rings. The van der Waals surface area contributed by atoms with Crippen LogP contribution in [0.5, 0.6) is 0 Å². The van der Waals surface area contributed by atoms with Gasteiger partial charge in [0.25, 0.3) is 5.91 Å². The molecule has 1 aliphatic heterocycles. The lowest BCUT2D eigenvalue weighted by molar-refractivity contribution is 0.0938. The molecule has 2 fully saturated rings. The zero-order chi connectivity index (χ0) is 14.7. The van der Waals surface area contributed by atoms with Gasteiger partial charge in [-0.2, -0.15) is 0 Å². The molecule has 5 nitrogen and oxygen atoms in total. The molecule has 1 unspecified atom stereocenters. The Kier molecular flexibility index (Phi) is 4.39. The lowest BCUT2D eigenvalue weighted by Crippen LogP contribution is -2.37. The molecule has 1 aliphatic carbocycles. The molecule has 0 bridgehead atoms. The maximum absolute atomic E-state index is 12.5. The van der Waals surface area contributed by atoms with E-state index in [4.69, 9.17) is 0 Å². The standard InChI is InChI=1S/C16H24N4O/c1-2-7-18-15-10-17-8-5-14(15)16(21)19-12-6-9-20(11-12)13-3-4-13/h5,8,10,12-13,18H,2-4,6-7,9,11H2,1H3,(H,19,21). The zero-order valence-corrected chi connectivity index (χ0v) is 12.6. The predicted octanol–water partition coefficient (Wildman–Crippen LogP) is 1.87. The number of nitrogens with zero attached hydrogens (tertiary/aromatic N) is 2. The maximum atomic E-state index is 12.5. The number of aromatic nitrogens is 1. The van der Waals surface area contributed by atoms with Crippen molar-refractivity contribution in [3.63, 3.8) is 0 Å². The molecular formula is C16H24N4O. The van der Waals surface area contributed by atoms with Crippen LogP contribution < -0.4 is 10.6 Å². The van der Waals surface area contributed by atoms with E-state index in [2.05, 4.69) is 27.4 Å². The van der Waals surface area contributed by atoms with Crippen molar-refractivity contribution in [1.29, 1.82) is 0 Å². The Labute approximate surface area is 126 Å². The normalized spacial score (nSPS) is 22.2. The van der Waals surface area contributed by atoms with Gasteiger partial charge in [0.2, 0.25) is 0 Å². The Morgan fingerprint density at radius 2 is 2.29 bits per heavy atom. The highest BCUT2D eigenvalue weighted by molar-refractivity contribution is 5.99. The molecule has 0 radical (unpaired) electrons. The number of nitrogens with one attached hydrogen (secondary N) is 2. The van der Waals surface area contributed by atoms with Crippen molar-refractivity contribution in [3.05, 3.63) is 24.0 Å². The van der Waals surface area contributed by atoms with Crippen molar-refractivity contribution in [2.24, 2.45) is 0 Å². The summed E-state index contributed by atoms with van der Waals surface area (Å²) < 4.78 is 0. The fraction of sp³-hybridized carbons (Fsp3) is 0.625. The molecule has 0 aromatic carbocycles. The van der Waals surface area contributed by atoms with Gasteiger partial charge in [0.05, 0.1) is 17.4 Å². The topological polar surface area (TPSA) is 57.3 Å². The van der Waals surface area contributed by atoms with E-state index in [-0.39, 0.29) is 11.9 Å². The van der Waals surface area contributed by atoms with E-state index >= 15 is 0 Å². The van der Waals surface area contributed by atoms with Gasteiger partial charge in [0.15, 0.2) is 0 Å². The second-order valence-electron chi connectivity index (χ2n) is 6.03. The molecule has 5 heteroatoms. The number of carbonyl (C=O) groups is 1. The minimum Gasteiger partial charge on any atom is -0.383 e. The lowest BCUT2D eigenvalue weighted by atomic mass is 10.2. The van der Waals surface area contributed by atoms with E-state index in [1.807, 2.05) is 0 Å². The minimum atomic E-state index is 0.0126. The second kappa shape index (κ2) is 6.43. The fourth-order valence-electron chi connectivity index (χ4n) is 2.93. The third kappa shape index (κ3) is 3.53. The van der Waals surface area contributed by atoms with E-state index in [0.717, 1.165) is 44.2 Å². The van der Waals surface area contributed by atoms with Gasteiger partial charge in [-0.05, 0) is 31.7 Å². The van der Waals surface area contributed by atoms with Crippen LogP contribution in [-0.4, -0.2) is 47.5 Å². The highest BCUT2D eigenvalue weighted by Gasteiger charge is 2.34. The van der Waals surface area contributed by atoms with Crippen LogP contribution in [0.2, 0.25) is 0 Å². The molecule has 114 valence electrons. The highest BCUT2D eigenvalue weighted by atomic mass is 16.1. The molecule has 1 aromatic rings. The van der Waals surface area contributed by atoms with E-state index in [0.29, 0.717) is 5.56 Å². The molecule has 3 rings (SSSR count). The molecule has 21 heavy (non-hydrogen) atoms. The first-order chi connectivity index (χ1) is 10.3. The monoisotopic (exact) mass is 288 g/mol. The molecule has 1 amide bonds. The van der Waals surface area contributed by atoms with Crippen molar-refractivity contribution in [2.45, 2.75) is 44.7 Å². The van der Waals surface area contributed by atoms with E-state index in [1.165, 1.54) is 12.8 Å². The Hall–Kier alpha value is -1.62. The van der Waals surface area contributed by atoms with Crippen LogP contribution in [0.4, 0.5) is 5.69 Å². The Balaban J connectivity index is 1.59. The number of hydrogen-bond acceptors (Lipinski definition) is 4. The molecule has 2 N–H and O–H groups in total. The summed E-state index contributed by atoms with van der Waals surface area (Å²) in [6.45, 7) is 5.07. The summed E-state index contributed by atoms with van der Waals surface area (Å²) in [6.07, 6.45) is 8.15. The van der Waals surface area contributed by atoms with Crippen molar-refractivity contribution >= 4 is 11.6 Å². The summed E-state index contributed by atoms with van der Waals surface area (Å²) in [5.41, 5.74) is 1.53. The zero-order valence-electron chi connectivity index (χ0n) is 12.6. The number of hydrogen-bond donors (Lipinski definition) is 2. The van der Waals surface area contributed by atoms with E-state index in [1.54, 1.807) is 18.5 Å². The van der Waals surface area contributed by atoms with Crippen LogP contribution in [0.25, 0.3) is 0 Å². The fourth-order valence-corrected chi connectivity index (χ4v) is 2.93. The summed E-state index contributed by atoms with van der Waals surface area (Å²) in [4.78, 5) is 19.1. The maximum Gasteiger partial charge on any atom is 0.253 e. The van der Waals surface area contributed by atoms with E-state index in [9.17, 15) is 4.79 Å². The number of pyridine rings is 1. The average Bonchev–Trinajstić information content (AvgIpc) is 3.26. The number of anilines is 1. The third-order valence-corrected chi connectivity index (χ3v) is 4.25. The van der Waals surface area contributed by atoms with Crippen LogP contribution in [0.3, 0.4) is 0 Å². The van der Waals surface area contributed by atoms with Gasteiger partial charge >= 0.3 is 0 Å². The molecule has 1 saturated heterocycles. The summed E-state index contributed by atoms with van der Waals surface area (Å²) in [5.74, 6) is 0.0126. The lowest BCUT2D eigenvalue weighted by Gasteiger charge is -2.17. The van der Waals surface area contributed by atoms with Crippen LogP contribution in [0, 0.1) is 0 Å². The molecular weight excluding hydrogens is 264 g/mol. The van der Waals surface area contributed by atoms with Crippen molar-refractivity contribution in [1.82, 2.24) is 15.2 Å². The number of carbonyl (C=O) groups excluding carboxylic acids is 1. The molecule has 1 saturated carbocycles. The molecule has 1 aromatic heterocycles. The summed E-state index contributed by atoms with van der Waals surface area (Å²) >= 11 is 0. The first-order valence-corrected chi connectivity index (χ1v) is 8.00. The highest BCUT2D eigenvalue weighted by Crippen LogP contribution is 2.29. The number of likely N-dealkylation sites (tertiary alicyclic amines) is 1. The summed E-state index contributed by atoms with van der Waals surface area (Å²) in [6, 6.07) is 2.86. The first-order valence-electron chi connectivity index (χ1n) is 8.00. The smallest absolute Gasteiger partial charge is 0.253 e. The van der Waals surface area contributed by atoms with Gasteiger partial charge in [0.1, 0.15) is 0 Å². The van der Waals surface area contributed by atoms with Crippen LogP contribution in [0.1, 0.15) is 43.0 Å². The van der Waals surface area contributed by atoms with Crippen molar-refractivity contribution in [2.75, 3.05) is 25.0 Å². The Bertz CT molecular complexity index is 501. The second-order valence-corrected chi connectivity index (χ2v) is 6.03. The minimum absolute atomic E-state index is 0.0126. The predicted molar refractivity (Wildman–Crippen MR) is 83.5 cm³/mol. The Morgan fingerprint density at radius 3 is 3.05 bits per heavy atom. The van der Waals surface area contributed by atoms with Crippen LogP contribution in [0.15, 0.2) is 18.5 Å². The SMILES string of the molecule is CCCNc1cnccc1C(=O)NC1CCN(C2CC2)C1. The molecule has 1 atom stereocenters. The van der Waals surface area contributed by atoms with Gasteiger partial charge in [-0.3, -0.25) is 14.7 Å². The third-order valence-electron chi connectivity index (χ3n) is 4.25. The quantitative estimate of drug-likeness (QED) is 0.839. The van der Waals surface area contributed by atoms with E-state index < -0.39 is 0 Å². The van der Waals surface area contributed by atoms with Crippen LogP contribution in [-0.2, 0) is 0 Å². The van der Waals surface area contributed by atoms with Gasteiger partial charge in [-0.1, -0.05) is 6.92 Å². The van der Waals surface area contributed by atoms with Crippen molar-refractivity contribution in [3.8, 4) is 0 Å². The van der Waals surface area contributed by atoms with Gasteiger partial charge in [0, 0.05) is 37.9 Å². The van der Waals surface area contributed by atoms with Gasteiger partial charge in [-0.25, -0.2) is 0 Å².